The molecule has 2 bridgehead atoms. The van der Waals surface area contributed by atoms with Crippen LogP contribution >= 0.6 is 0 Å². The molecule has 3 aliphatic rings. The fourth-order valence-electron chi connectivity index (χ4n) is 3.02. The summed E-state index contributed by atoms with van der Waals surface area (Å²) < 4.78 is 47.6. The third kappa shape index (κ3) is 3.09. The highest BCUT2D eigenvalue weighted by Gasteiger charge is 2.31. The highest BCUT2D eigenvalue weighted by atomic mass is 32.2. The van der Waals surface area contributed by atoms with Crippen molar-refractivity contribution in [1.29, 1.82) is 0 Å². The molecule has 0 aromatic heterocycles. The van der Waals surface area contributed by atoms with Crippen molar-refractivity contribution in [2.24, 2.45) is 0 Å². The Bertz CT molecular complexity index is 613. The summed E-state index contributed by atoms with van der Waals surface area (Å²) in [5.74, 6) is -3.38. The van der Waals surface area contributed by atoms with Crippen molar-refractivity contribution >= 4 is 15.5 Å². The van der Waals surface area contributed by atoms with Gasteiger partial charge in [-0.15, -0.1) is 0 Å². The largest absolute Gasteiger partial charge is 0.383 e. The van der Waals surface area contributed by atoms with E-state index in [2.05, 4.69) is 15.1 Å². The average molecular weight is 331 g/mol. The summed E-state index contributed by atoms with van der Waals surface area (Å²) in [6.45, 7) is 6.20. The zero-order valence-corrected chi connectivity index (χ0v) is 12.9. The van der Waals surface area contributed by atoms with Gasteiger partial charge < -0.3 is 5.32 Å². The Balaban J connectivity index is 1.60. The maximum absolute atomic E-state index is 12.5. The highest BCUT2D eigenvalue weighted by molar-refractivity contribution is 7.91. The van der Waals surface area contributed by atoms with Gasteiger partial charge in [-0.25, -0.2) is 8.42 Å². The van der Waals surface area contributed by atoms with E-state index in [-0.39, 0.29) is 4.90 Å². The monoisotopic (exact) mass is 331 g/mol. The minimum absolute atomic E-state index is 0.348. The molecule has 0 radical (unpaired) electrons. The SMILES string of the molecule is O=S(=O)(c1ccc(NCC2CN3CCN2CC3)cc1)C(F)F. The molecule has 1 unspecified atom stereocenters. The Morgan fingerprint density at radius 3 is 2.27 bits per heavy atom. The summed E-state index contributed by atoms with van der Waals surface area (Å²) in [6, 6.07) is 5.95. The predicted octanol–water partition coefficient (Wildman–Crippen LogP) is 1.09. The van der Waals surface area contributed by atoms with E-state index >= 15 is 0 Å². The summed E-state index contributed by atoms with van der Waals surface area (Å²) in [7, 11) is -4.51. The van der Waals surface area contributed by atoms with Gasteiger partial charge in [-0.2, -0.15) is 8.78 Å². The van der Waals surface area contributed by atoms with Gasteiger partial charge in [0.2, 0.25) is 9.84 Å². The van der Waals surface area contributed by atoms with Crippen molar-refractivity contribution in [3.05, 3.63) is 24.3 Å². The van der Waals surface area contributed by atoms with Crippen LogP contribution < -0.4 is 5.32 Å². The second-order valence-corrected chi connectivity index (χ2v) is 7.62. The highest BCUT2D eigenvalue weighted by Crippen LogP contribution is 2.21. The lowest BCUT2D eigenvalue weighted by Gasteiger charge is -2.47. The van der Waals surface area contributed by atoms with Crippen LogP contribution in [-0.2, 0) is 9.84 Å². The Morgan fingerprint density at radius 2 is 1.77 bits per heavy atom. The Hall–Kier alpha value is -1.25. The van der Waals surface area contributed by atoms with E-state index in [9.17, 15) is 17.2 Å². The number of sulfone groups is 1. The van der Waals surface area contributed by atoms with Crippen molar-refractivity contribution in [1.82, 2.24) is 9.80 Å². The van der Waals surface area contributed by atoms with Gasteiger partial charge in [0.25, 0.3) is 0 Å². The molecule has 8 heteroatoms. The lowest BCUT2D eigenvalue weighted by atomic mass is 10.1. The molecular formula is C14H19F2N3O2S. The lowest BCUT2D eigenvalue weighted by molar-refractivity contribution is 0.0189. The summed E-state index contributed by atoms with van der Waals surface area (Å²) in [4.78, 5) is 4.53. The van der Waals surface area contributed by atoms with Crippen LogP contribution in [0.4, 0.5) is 14.5 Å². The van der Waals surface area contributed by atoms with E-state index < -0.39 is 15.6 Å². The Kier molecular flexibility index (Phi) is 4.33. The minimum Gasteiger partial charge on any atom is -0.383 e. The second kappa shape index (κ2) is 6.10. The number of hydrogen-bond donors (Lipinski definition) is 1. The molecule has 0 spiro atoms. The Morgan fingerprint density at radius 1 is 1.14 bits per heavy atom. The topological polar surface area (TPSA) is 52.7 Å². The van der Waals surface area contributed by atoms with Crippen molar-refractivity contribution in [2.45, 2.75) is 16.7 Å². The summed E-state index contributed by atoms with van der Waals surface area (Å²) >= 11 is 0. The third-order valence-corrected chi connectivity index (χ3v) is 5.75. The van der Waals surface area contributed by atoms with E-state index in [4.69, 9.17) is 0 Å². The van der Waals surface area contributed by atoms with Gasteiger partial charge in [0, 0.05) is 51.0 Å². The number of nitrogens with one attached hydrogen (secondary N) is 1. The maximum atomic E-state index is 12.5. The molecule has 0 aliphatic carbocycles. The standard InChI is InChI=1S/C14H19F2N3O2S/c15-14(16)22(20,21)13-3-1-11(2-4-13)17-9-12-10-18-5-7-19(12)8-6-18/h1-4,12,14,17H,5-10H2. The molecular weight excluding hydrogens is 312 g/mol. The first-order valence-corrected chi connectivity index (χ1v) is 8.84. The molecule has 1 atom stereocenters. The van der Waals surface area contributed by atoms with Gasteiger partial charge in [-0.3, -0.25) is 9.80 Å². The number of anilines is 1. The smallest absolute Gasteiger partial charge is 0.341 e. The zero-order chi connectivity index (χ0) is 15.7. The zero-order valence-electron chi connectivity index (χ0n) is 12.1. The average Bonchev–Trinajstić information content (AvgIpc) is 2.54. The van der Waals surface area contributed by atoms with Crippen LogP contribution in [0.1, 0.15) is 0 Å². The van der Waals surface area contributed by atoms with Crippen LogP contribution in [0, 0.1) is 0 Å². The number of piperazine rings is 3. The van der Waals surface area contributed by atoms with Gasteiger partial charge in [-0.05, 0) is 24.3 Å². The van der Waals surface area contributed by atoms with Crippen molar-refractivity contribution in [2.75, 3.05) is 44.6 Å². The van der Waals surface area contributed by atoms with Crippen molar-refractivity contribution in [3.8, 4) is 0 Å². The number of fused-ring (bicyclic) bond motifs is 3. The Labute approximate surface area is 128 Å². The fraction of sp³-hybridized carbons (Fsp3) is 0.571. The molecule has 5 nitrogen and oxygen atoms in total. The van der Waals surface area contributed by atoms with E-state index in [1.54, 1.807) is 0 Å². The summed E-state index contributed by atoms with van der Waals surface area (Å²) in [6.07, 6.45) is 0. The number of rotatable bonds is 5. The minimum atomic E-state index is -4.51. The van der Waals surface area contributed by atoms with E-state index in [1.165, 1.54) is 24.3 Å². The molecule has 22 heavy (non-hydrogen) atoms. The summed E-state index contributed by atoms with van der Waals surface area (Å²) in [5, 5.41) is 3.26. The molecule has 3 fully saturated rings. The molecule has 1 aromatic carbocycles. The van der Waals surface area contributed by atoms with Crippen molar-refractivity contribution in [3.63, 3.8) is 0 Å². The first-order chi connectivity index (χ1) is 10.5. The molecule has 1 aromatic rings. The van der Waals surface area contributed by atoms with E-state index in [1.807, 2.05) is 0 Å². The molecule has 0 saturated carbocycles. The molecule has 3 aliphatic heterocycles. The first kappa shape index (κ1) is 15.6. The van der Waals surface area contributed by atoms with Gasteiger partial charge in [0.15, 0.2) is 0 Å². The van der Waals surface area contributed by atoms with E-state index in [0.29, 0.717) is 6.04 Å². The first-order valence-electron chi connectivity index (χ1n) is 7.29. The molecule has 1 N–H and O–H groups in total. The predicted molar refractivity (Wildman–Crippen MR) is 79.9 cm³/mol. The van der Waals surface area contributed by atoms with Crippen LogP contribution in [0.3, 0.4) is 0 Å². The van der Waals surface area contributed by atoms with Crippen LogP contribution in [-0.4, -0.2) is 69.3 Å². The van der Waals surface area contributed by atoms with Crippen molar-refractivity contribution < 1.29 is 17.2 Å². The van der Waals surface area contributed by atoms with Crippen LogP contribution in [0.2, 0.25) is 0 Å². The second-order valence-electron chi connectivity index (χ2n) is 5.70. The van der Waals surface area contributed by atoms with Crippen LogP contribution in [0.15, 0.2) is 29.2 Å². The molecule has 122 valence electrons. The molecule has 4 rings (SSSR count). The lowest BCUT2D eigenvalue weighted by Crippen LogP contribution is -2.62. The number of nitrogens with zero attached hydrogens (tertiary/aromatic N) is 2. The van der Waals surface area contributed by atoms with Gasteiger partial charge >= 0.3 is 5.76 Å². The fourth-order valence-corrected chi connectivity index (χ4v) is 3.74. The normalized spacial score (nSPS) is 28.0. The molecule has 0 amide bonds. The van der Waals surface area contributed by atoms with E-state index in [0.717, 1.165) is 45.0 Å². The number of halogens is 2. The number of alkyl halides is 2. The van der Waals surface area contributed by atoms with Crippen LogP contribution in [0.5, 0.6) is 0 Å². The number of hydrogen-bond acceptors (Lipinski definition) is 5. The van der Waals surface area contributed by atoms with Gasteiger partial charge in [0.05, 0.1) is 4.90 Å². The quantitative estimate of drug-likeness (QED) is 0.875. The molecule has 3 heterocycles. The third-order valence-electron chi connectivity index (χ3n) is 4.35. The van der Waals surface area contributed by atoms with Crippen LogP contribution in [0.25, 0.3) is 0 Å². The maximum Gasteiger partial charge on any atom is 0.341 e. The van der Waals surface area contributed by atoms with Gasteiger partial charge in [0.1, 0.15) is 0 Å². The summed E-state index contributed by atoms with van der Waals surface area (Å²) in [5.41, 5.74) is 0.742. The molecule has 3 saturated heterocycles. The number of benzene rings is 1. The van der Waals surface area contributed by atoms with Gasteiger partial charge in [-0.1, -0.05) is 0 Å².